The van der Waals surface area contributed by atoms with E-state index in [1.54, 1.807) is 31.2 Å². The molecule has 0 aliphatic carbocycles. The summed E-state index contributed by atoms with van der Waals surface area (Å²) in [4.78, 5) is 14.2. The fourth-order valence-electron chi connectivity index (χ4n) is 3.24. The molecular formula is C23H27NO4. The Kier molecular flexibility index (Phi) is 6.24. The number of fused-ring (bicyclic) bond motifs is 1. The lowest BCUT2D eigenvalue weighted by Crippen LogP contribution is -2.24. The van der Waals surface area contributed by atoms with E-state index in [0.717, 1.165) is 40.4 Å². The molecule has 0 radical (unpaired) electrons. The first kappa shape index (κ1) is 19.8. The van der Waals surface area contributed by atoms with E-state index in [2.05, 4.69) is 0 Å². The zero-order valence-electron chi connectivity index (χ0n) is 16.9. The fourth-order valence-corrected chi connectivity index (χ4v) is 3.24. The molecule has 1 unspecified atom stereocenters. The summed E-state index contributed by atoms with van der Waals surface area (Å²) < 4.78 is 16.8. The third-order valence-corrected chi connectivity index (χ3v) is 4.69. The highest BCUT2D eigenvalue weighted by Gasteiger charge is 2.21. The molecule has 1 aliphatic heterocycles. The van der Waals surface area contributed by atoms with Crippen molar-refractivity contribution in [3.8, 4) is 17.2 Å². The number of nitrogens with zero attached hydrogens (tertiary/aromatic N) is 1. The highest BCUT2D eigenvalue weighted by atomic mass is 16.5. The normalized spacial score (nSPS) is 15.2. The molecule has 1 amide bonds. The molecule has 1 heterocycles. The highest BCUT2D eigenvalue weighted by molar-refractivity contribution is 5.92. The van der Waals surface area contributed by atoms with Crippen LogP contribution in [0.1, 0.15) is 30.5 Å². The van der Waals surface area contributed by atoms with Crippen LogP contribution >= 0.6 is 0 Å². The van der Waals surface area contributed by atoms with Gasteiger partial charge in [-0.3, -0.25) is 4.79 Å². The number of hydrogen-bond acceptors (Lipinski definition) is 4. The van der Waals surface area contributed by atoms with Crippen molar-refractivity contribution in [1.82, 2.24) is 4.90 Å². The maximum atomic E-state index is 12.5. The van der Waals surface area contributed by atoms with Gasteiger partial charge in [-0.05, 0) is 49.8 Å². The second kappa shape index (κ2) is 8.83. The van der Waals surface area contributed by atoms with Crippen molar-refractivity contribution >= 4 is 12.0 Å². The number of carbonyl (C=O) groups excluding carboxylic acids is 1. The topological polar surface area (TPSA) is 48.0 Å². The number of carbonyl (C=O) groups is 1. The predicted octanol–water partition coefficient (Wildman–Crippen LogP) is 4.09. The number of hydrogen-bond donors (Lipinski definition) is 0. The molecule has 0 saturated carbocycles. The number of benzene rings is 2. The molecule has 0 aromatic heterocycles. The van der Waals surface area contributed by atoms with Gasteiger partial charge >= 0.3 is 0 Å². The lowest BCUT2D eigenvalue weighted by Gasteiger charge is -2.15. The van der Waals surface area contributed by atoms with Gasteiger partial charge in [-0.2, -0.15) is 0 Å². The summed E-state index contributed by atoms with van der Waals surface area (Å²) in [5, 5.41) is 0. The molecule has 5 heteroatoms. The molecule has 0 spiro atoms. The van der Waals surface area contributed by atoms with Gasteiger partial charge in [-0.15, -0.1) is 0 Å². The molecule has 148 valence electrons. The van der Waals surface area contributed by atoms with Crippen molar-refractivity contribution in [2.45, 2.75) is 32.9 Å². The van der Waals surface area contributed by atoms with Gasteiger partial charge < -0.3 is 19.1 Å². The minimum Gasteiger partial charge on any atom is -0.497 e. The van der Waals surface area contributed by atoms with Crippen molar-refractivity contribution in [3.63, 3.8) is 0 Å². The van der Waals surface area contributed by atoms with Crippen LogP contribution in [0.25, 0.3) is 6.08 Å². The summed E-state index contributed by atoms with van der Waals surface area (Å²) >= 11 is 0. The molecule has 1 atom stereocenters. The van der Waals surface area contributed by atoms with E-state index in [0.29, 0.717) is 13.2 Å². The second-order valence-corrected chi connectivity index (χ2v) is 6.94. The Hall–Kier alpha value is -2.95. The third-order valence-electron chi connectivity index (χ3n) is 4.69. The number of methoxy groups -OCH3 is 1. The summed E-state index contributed by atoms with van der Waals surface area (Å²) in [6.07, 6.45) is 4.42. The summed E-state index contributed by atoms with van der Waals surface area (Å²) in [5.74, 6) is 2.37. The van der Waals surface area contributed by atoms with Crippen molar-refractivity contribution in [2.75, 3.05) is 20.8 Å². The second-order valence-electron chi connectivity index (χ2n) is 6.94. The number of likely N-dealkylation sites (N-methyl/N-ethyl adjacent to an activating group) is 1. The van der Waals surface area contributed by atoms with Gasteiger partial charge in [0.25, 0.3) is 0 Å². The minimum atomic E-state index is -0.0759. The third kappa shape index (κ3) is 4.66. The predicted molar refractivity (Wildman–Crippen MR) is 110 cm³/mol. The first-order valence-corrected chi connectivity index (χ1v) is 9.52. The Labute approximate surface area is 166 Å². The van der Waals surface area contributed by atoms with Crippen LogP contribution in [0.3, 0.4) is 0 Å². The summed E-state index contributed by atoms with van der Waals surface area (Å²) in [6, 6.07) is 11.7. The van der Waals surface area contributed by atoms with E-state index in [1.165, 1.54) is 0 Å². The molecule has 2 aromatic carbocycles. The molecule has 28 heavy (non-hydrogen) atoms. The van der Waals surface area contributed by atoms with E-state index in [-0.39, 0.29) is 12.0 Å². The van der Waals surface area contributed by atoms with E-state index in [1.807, 2.05) is 50.2 Å². The summed E-state index contributed by atoms with van der Waals surface area (Å²) in [6.45, 7) is 5.10. The number of ether oxygens (including phenoxy) is 3. The van der Waals surface area contributed by atoms with Gasteiger partial charge in [-0.1, -0.05) is 12.1 Å². The molecule has 0 fully saturated rings. The lowest BCUT2D eigenvalue weighted by atomic mass is 10.1. The Balaban J connectivity index is 1.71. The van der Waals surface area contributed by atoms with Gasteiger partial charge in [0.1, 0.15) is 23.4 Å². The van der Waals surface area contributed by atoms with Crippen molar-refractivity contribution in [2.24, 2.45) is 0 Å². The molecule has 3 rings (SSSR count). The molecule has 2 aromatic rings. The molecule has 0 N–H and O–H groups in total. The van der Waals surface area contributed by atoms with Crippen LogP contribution in [0.2, 0.25) is 0 Å². The van der Waals surface area contributed by atoms with Gasteiger partial charge in [0.2, 0.25) is 5.91 Å². The average Bonchev–Trinajstić information content (AvgIpc) is 3.05. The zero-order chi connectivity index (χ0) is 20.1. The highest BCUT2D eigenvalue weighted by Crippen LogP contribution is 2.35. The Morgan fingerprint density at radius 2 is 2.04 bits per heavy atom. The van der Waals surface area contributed by atoms with E-state index in [4.69, 9.17) is 14.2 Å². The largest absolute Gasteiger partial charge is 0.497 e. The molecule has 1 aliphatic rings. The average molecular weight is 381 g/mol. The van der Waals surface area contributed by atoms with Crippen molar-refractivity contribution < 1.29 is 19.0 Å². The first-order valence-electron chi connectivity index (χ1n) is 9.52. The smallest absolute Gasteiger partial charge is 0.246 e. The molecule has 0 bridgehead atoms. The van der Waals surface area contributed by atoms with Gasteiger partial charge in [0.05, 0.1) is 13.7 Å². The maximum absolute atomic E-state index is 12.5. The van der Waals surface area contributed by atoms with Crippen LogP contribution < -0.4 is 14.2 Å². The monoisotopic (exact) mass is 381 g/mol. The Morgan fingerprint density at radius 3 is 2.71 bits per heavy atom. The van der Waals surface area contributed by atoms with Crippen LogP contribution in [-0.2, 0) is 17.8 Å². The van der Waals surface area contributed by atoms with Crippen LogP contribution in [0.4, 0.5) is 0 Å². The molecular weight excluding hydrogens is 354 g/mol. The molecule has 0 saturated heterocycles. The van der Waals surface area contributed by atoms with Gasteiger partial charge in [0, 0.05) is 37.2 Å². The van der Waals surface area contributed by atoms with Crippen molar-refractivity contribution in [3.05, 3.63) is 59.2 Å². The van der Waals surface area contributed by atoms with Crippen LogP contribution in [0.15, 0.2) is 42.5 Å². The Morgan fingerprint density at radius 1 is 1.29 bits per heavy atom. The lowest BCUT2D eigenvalue weighted by molar-refractivity contribution is -0.125. The van der Waals surface area contributed by atoms with Crippen molar-refractivity contribution in [1.29, 1.82) is 0 Å². The van der Waals surface area contributed by atoms with E-state index >= 15 is 0 Å². The van der Waals surface area contributed by atoms with E-state index < -0.39 is 0 Å². The maximum Gasteiger partial charge on any atom is 0.246 e. The van der Waals surface area contributed by atoms with E-state index in [9.17, 15) is 4.79 Å². The van der Waals surface area contributed by atoms with Gasteiger partial charge in [-0.25, -0.2) is 0 Å². The van der Waals surface area contributed by atoms with Crippen LogP contribution in [0, 0.1) is 0 Å². The number of amides is 1. The summed E-state index contributed by atoms with van der Waals surface area (Å²) in [7, 11) is 3.42. The van der Waals surface area contributed by atoms with Gasteiger partial charge in [0.15, 0.2) is 0 Å². The number of rotatable bonds is 7. The van der Waals surface area contributed by atoms with Crippen LogP contribution in [-0.4, -0.2) is 37.7 Å². The fraction of sp³-hybridized carbons (Fsp3) is 0.348. The standard InChI is InChI=1S/C23H27NO4/c1-5-27-21-14-19-12-16(2)28-22(19)13-18(21)8-11-23(25)24(3)15-17-6-9-20(26-4)10-7-17/h6-11,13-14,16H,5,12,15H2,1-4H3/b11-8+. The quantitative estimate of drug-likeness (QED) is 0.678. The minimum absolute atomic E-state index is 0.0759. The first-order chi connectivity index (χ1) is 13.5. The summed E-state index contributed by atoms with van der Waals surface area (Å²) in [5.41, 5.74) is 3.04. The van der Waals surface area contributed by atoms with Crippen LogP contribution in [0.5, 0.6) is 17.2 Å². The molecule has 5 nitrogen and oxygen atoms in total. The Bertz CT molecular complexity index is 858. The zero-order valence-corrected chi connectivity index (χ0v) is 16.9. The SMILES string of the molecule is CCOc1cc2c(cc1/C=C/C(=O)N(C)Cc1ccc(OC)cc1)OC(C)C2.